The van der Waals surface area contributed by atoms with Crippen LogP contribution in [0.4, 0.5) is 17.6 Å². The minimum absolute atomic E-state index is 0.0681. The average Bonchev–Trinajstić information content (AvgIpc) is 3.00. The van der Waals surface area contributed by atoms with Gasteiger partial charge in [0.05, 0.1) is 22.8 Å². The first kappa shape index (κ1) is 27.6. The number of hydrazone groups is 1. The van der Waals surface area contributed by atoms with Gasteiger partial charge in [-0.3, -0.25) is 0 Å². The van der Waals surface area contributed by atoms with Crippen molar-refractivity contribution in [2.75, 3.05) is 17.9 Å². The third-order valence-corrected chi connectivity index (χ3v) is 6.52. The standard InChI is InChI=1S/C28H20BrClN8O3/c1-40-24-22(26(39)41-19-10-6-3-7-11-19)20(30)14-17(23(24)29)15-33-38-28-36-25(21-12-13-31-16-32-21)35-27(37-28)34-18-8-4-2-5-9-18/h2-16H,1H3,(H2,34,35,36,37,38)/b33-15+. The van der Waals surface area contributed by atoms with Crippen molar-refractivity contribution in [2.45, 2.75) is 0 Å². The van der Waals surface area contributed by atoms with Gasteiger partial charge in [-0.05, 0) is 52.3 Å². The predicted octanol–water partition coefficient (Wildman–Crippen LogP) is 6.16. The maximum atomic E-state index is 12.9. The number of esters is 1. The van der Waals surface area contributed by atoms with Crippen LogP contribution in [0, 0.1) is 0 Å². The number of methoxy groups -OCH3 is 1. The Kier molecular flexibility index (Phi) is 8.72. The van der Waals surface area contributed by atoms with E-state index in [9.17, 15) is 4.79 Å². The van der Waals surface area contributed by atoms with E-state index in [1.54, 1.807) is 42.6 Å². The lowest BCUT2D eigenvalue weighted by Crippen LogP contribution is -2.12. The summed E-state index contributed by atoms with van der Waals surface area (Å²) in [6, 6.07) is 21.4. The summed E-state index contributed by atoms with van der Waals surface area (Å²) < 4.78 is 11.4. The van der Waals surface area contributed by atoms with E-state index in [-0.39, 0.29) is 28.2 Å². The van der Waals surface area contributed by atoms with Crippen LogP contribution < -0.4 is 20.2 Å². The number of halogens is 2. The fraction of sp³-hybridized carbons (Fsp3) is 0.0357. The number of ether oxygens (including phenoxy) is 2. The number of anilines is 3. The number of aromatic nitrogens is 5. The molecule has 11 nitrogen and oxygen atoms in total. The van der Waals surface area contributed by atoms with E-state index in [4.69, 9.17) is 21.1 Å². The molecule has 0 aliphatic heterocycles. The SMILES string of the molecule is COc1c(Br)c(/C=N/Nc2nc(Nc3ccccc3)nc(-c3ccncn3)n2)cc(Cl)c1C(=O)Oc1ccccc1. The number of rotatable bonds is 9. The summed E-state index contributed by atoms with van der Waals surface area (Å²) in [5.74, 6) is 0.652. The van der Waals surface area contributed by atoms with Crippen LogP contribution in [0.3, 0.4) is 0 Å². The van der Waals surface area contributed by atoms with Gasteiger partial charge in [-0.25, -0.2) is 20.2 Å². The molecule has 0 bridgehead atoms. The van der Waals surface area contributed by atoms with Gasteiger partial charge in [0.2, 0.25) is 11.9 Å². The maximum absolute atomic E-state index is 12.9. The molecule has 0 aliphatic rings. The molecule has 13 heteroatoms. The molecule has 0 spiro atoms. The number of carbonyl (C=O) groups is 1. The van der Waals surface area contributed by atoms with Crippen LogP contribution in [0.25, 0.3) is 11.5 Å². The van der Waals surface area contributed by atoms with Crippen LogP contribution in [0.15, 0.2) is 94.9 Å². The predicted molar refractivity (Wildman–Crippen MR) is 159 cm³/mol. The Morgan fingerprint density at radius 3 is 2.44 bits per heavy atom. The molecule has 0 saturated heterocycles. The second-order valence-electron chi connectivity index (χ2n) is 8.13. The zero-order valence-corrected chi connectivity index (χ0v) is 23.7. The van der Waals surface area contributed by atoms with Crippen LogP contribution >= 0.6 is 27.5 Å². The molecule has 5 rings (SSSR count). The number of para-hydroxylation sites is 2. The lowest BCUT2D eigenvalue weighted by molar-refractivity contribution is 0.0731. The maximum Gasteiger partial charge on any atom is 0.348 e. The van der Waals surface area contributed by atoms with E-state index in [0.717, 1.165) is 5.69 Å². The summed E-state index contributed by atoms with van der Waals surface area (Å²) in [7, 11) is 1.43. The van der Waals surface area contributed by atoms with Gasteiger partial charge in [0.25, 0.3) is 0 Å². The third-order valence-electron chi connectivity index (χ3n) is 5.41. The minimum Gasteiger partial charge on any atom is -0.495 e. The molecule has 0 aliphatic carbocycles. The summed E-state index contributed by atoms with van der Waals surface area (Å²) in [4.78, 5) is 34.4. The monoisotopic (exact) mass is 630 g/mol. The van der Waals surface area contributed by atoms with E-state index >= 15 is 0 Å². The lowest BCUT2D eigenvalue weighted by Gasteiger charge is -2.14. The topological polar surface area (TPSA) is 136 Å². The van der Waals surface area contributed by atoms with Crippen LogP contribution in [-0.4, -0.2) is 44.2 Å². The molecule has 2 aromatic heterocycles. The molecule has 2 N–H and O–H groups in total. The van der Waals surface area contributed by atoms with E-state index in [0.29, 0.717) is 27.3 Å². The van der Waals surface area contributed by atoms with Gasteiger partial charge in [0.15, 0.2) is 5.82 Å². The van der Waals surface area contributed by atoms with Crippen molar-refractivity contribution in [3.63, 3.8) is 0 Å². The first-order valence-corrected chi connectivity index (χ1v) is 13.2. The Labute approximate surface area is 247 Å². The summed E-state index contributed by atoms with van der Waals surface area (Å²) in [5.41, 5.74) is 4.69. The normalized spacial score (nSPS) is 10.8. The molecule has 2 heterocycles. The second-order valence-corrected chi connectivity index (χ2v) is 9.33. The summed E-state index contributed by atoms with van der Waals surface area (Å²) in [6.45, 7) is 0. The summed E-state index contributed by atoms with van der Waals surface area (Å²) in [6.07, 6.45) is 4.47. The van der Waals surface area contributed by atoms with Crippen molar-refractivity contribution in [3.8, 4) is 23.0 Å². The van der Waals surface area contributed by atoms with Crippen LogP contribution in [0.2, 0.25) is 5.02 Å². The zero-order chi connectivity index (χ0) is 28.6. The highest BCUT2D eigenvalue weighted by molar-refractivity contribution is 9.10. The van der Waals surface area contributed by atoms with Crippen molar-refractivity contribution in [1.29, 1.82) is 0 Å². The molecule has 0 saturated carbocycles. The smallest absolute Gasteiger partial charge is 0.348 e. The number of carbonyl (C=O) groups excluding carboxylic acids is 1. The van der Waals surface area contributed by atoms with Crippen molar-refractivity contribution >= 4 is 57.3 Å². The van der Waals surface area contributed by atoms with Crippen LogP contribution in [0.5, 0.6) is 11.5 Å². The van der Waals surface area contributed by atoms with E-state index in [2.05, 4.69) is 56.7 Å². The Morgan fingerprint density at radius 1 is 1.00 bits per heavy atom. The molecular weight excluding hydrogens is 612 g/mol. The third kappa shape index (κ3) is 6.80. The van der Waals surface area contributed by atoms with Crippen molar-refractivity contribution in [3.05, 3.63) is 106 Å². The van der Waals surface area contributed by atoms with Gasteiger partial charge < -0.3 is 14.8 Å². The van der Waals surface area contributed by atoms with E-state index < -0.39 is 5.97 Å². The number of hydrogen-bond acceptors (Lipinski definition) is 11. The highest BCUT2D eigenvalue weighted by atomic mass is 79.9. The van der Waals surface area contributed by atoms with Gasteiger partial charge >= 0.3 is 5.97 Å². The summed E-state index contributed by atoms with van der Waals surface area (Å²) in [5, 5.41) is 7.53. The average molecular weight is 632 g/mol. The van der Waals surface area contributed by atoms with Crippen molar-refractivity contribution in [2.24, 2.45) is 5.10 Å². The Bertz CT molecular complexity index is 1690. The Hall–Kier alpha value is -4.94. The molecule has 0 atom stereocenters. The Balaban J connectivity index is 1.41. The first-order valence-electron chi connectivity index (χ1n) is 12.0. The van der Waals surface area contributed by atoms with Gasteiger partial charge in [0.1, 0.15) is 29.1 Å². The molecule has 0 fully saturated rings. The molecular formula is C28H20BrClN8O3. The fourth-order valence-corrected chi connectivity index (χ4v) is 4.43. The van der Waals surface area contributed by atoms with E-state index in [1.165, 1.54) is 19.7 Å². The minimum atomic E-state index is -0.666. The number of nitrogens with zero attached hydrogens (tertiary/aromatic N) is 6. The first-order chi connectivity index (χ1) is 20.0. The summed E-state index contributed by atoms with van der Waals surface area (Å²) >= 11 is 9.97. The fourth-order valence-electron chi connectivity index (χ4n) is 3.57. The molecule has 204 valence electrons. The Morgan fingerprint density at radius 2 is 1.73 bits per heavy atom. The van der Waals surface area contributed by atoms with Gasteiger partial charge in [0, 0.05) is 17.4 Å². The van der Waals surface area contributed by atoms with E-state index in [1.807, 2.05) is 36.4 Å². The molecule has 0 amide bonds. The molecule has 5 aromatic rings. The van der Waals surface area contributed by atoms with Crippen LogP contribution in [0.1, 0.15) is 15.9 Å². The van der Waals surface area contributed by atoms with Gasteiger partial charge in [-0.15, -0.1) is 0 Å². The van der Waals surface area contributed by atoms with Crippen LogP contribution in [-0.2, 0) is 0 Å². The highest BCUT2D eigenvalue weighted by Crippen LogP contribution is 2.37. The number of benzene rings is 3. The highest BCUT2D eigenvalue weighted by Gasteiger charge is 2.23. The second kappa shape index (κ2) is 12.9. The molecule has 0 unspecified atom stereocenters. The molecule has 0 radical (unpaired) electrons. The number of nitrogens with one attached hydrogen (secondary N) is 2. The van der Waals surface area contributed by atoms with Gasteiger partial charge in [-0.2, -0.15) is 20.1 Å². The molecule has 3 aromatic carbocycles. The lowest BCUT2D eigenvalue weighted by atomic mass is 10.1. The largest absolute Gasteiger partial charge is 0.495 e. The van der Waals surface area contributed by atoms with Crippen molar-refractivity contribution < 1.29 is 14.3 Å². The van der Waals surface area contributed by atoms with Crippen molar-refractivity contribution in [1.82, 2.24) is 24.9 Å². The molecule has 41 heavy (non-hydrogen) atoms. The number of hydrogen-bond donors (Lipinski definition) is 2. The quantitative estimate of drug-likeness (QED) is 0.0842. The van der Waals surface area contributed by atoms with Gasteiger partial charge in [-0.1, -0.05) is 48.0 Å². The zero-order valence-electron chi connectivity index (χ0n) is 21.3.